The van der Waals surface area contributed by atoms with Gasteiger partial charge in [0.25, 0.3) is 0 Å². The summed E-state index contributed by atoms with van der Waals surface area (Å²) in [6, 6.07) is 18.0. The van der Waals surface area contributed by atoms with Crippen LogP contribution in [0.1, 0.15) is 75.3 Å². The number of allylic oxidation sites excluding steroid dienone is 3. The van der Waals surface area contributed by atoms with E-state index in [-0.39, 0.29) is 23.8 Å². The Labute approximate surface area is 207 Å². The van der Waals surface area contributed by atoms with E-state index in [1.165, 1.54) is 5.56 Å². The molecule has 1 N–H and O–H groups in total. The normalized spacial score (nSPS) is 22.6. The van der Waals surface area contributed by atoms with Gasteiger partial charge in [0.15, 0.2) is 5.78 Å². The quantitative estimate of drug-likeness (QED) is 0.529. The lowest BCUT2D eigenvalue weighted by molar-refractivity contribution is -0.144. The molecule has 1 heterocycles. The molecular formula is C30H33NO4. The van der Waals surface area contributed by atoms with Crippen LogP contribution in [0.5, 0.6) is 5.75 Å². The Morgan fingerprint density at radius 3 is 2.37 bits per heavy atom. The Bertz CT molecular complexity index is 1160. The summed E-state index contributed by atoms with van der Waals surface area (Å²) in [4.78, 5) is 27.2. The number of esters is 1. The molecule has 3 aliphatic rings. The zero-order valence-corrected chi connectivity index (χ0v) is 20.5. The van der Waals surface area contributed by atoms with Crippen LogP contribution in [0.25, 0.3) is 0 Å². The van der Waals surface area contributed by atoms with Crippen molar-refractivity contribution in [3.05, 3.63) is 88.3 Å². The van der Waals surface area contributed by atoms with Crippen molar-refractivity contribution in [2.45, 2.75) is 70.3 Å². The van der Waals surface area contributed by atoms with E-state index in [9.17, 15) is 9.59 Å². The van der Waals surface area contributed by atoms with Crippen molar-refractivity contribution in [1.82, 2.24) is 5.32 Å². The van der Waals surface area contributed by atoms with Gasteiger partial charge in [0.05, 0.1) is 12.2 Å². The molecule has 5 nitrogen and oxygen atoms in total. The third kappa shape index (κ3) is 4.77. The van der Waals surface area contributed by atoms with Crippen LogP contribution in [0.15, 0.2) is 77.1 Å². The van der Waals surface area contributed by atoms with E-state index < -0.39 is 5.92 Å². The summed E-state index contributed by atoms with van der Waals surface area (Å²) >= 11 is 0. The number of Topliss-reactive ketones (excluding diaryl/α,β-unsaturated/α-hetero) is 1. The SMILES string of the molecule is CCOc1ccc(C2C(C(=O)OC3CCCC3)=C(C)NC3=C2C(=O)CC(c2ccccc2)C3)cc1. The highest BCUT2D eigenvalue weighted by Crippen LogP contribution is 2.46. The smallest absolute Gasteiger partial charge is 0.337 e. The van der Waals surface area contributed by atoms with Crippen molar-refractivity contribution >= 4 is 11.8 Å². The molecule has 2 aliphatic carbocycles. The van der Waals surface area contributed by atoms with E-state index in [2.05, 4.69) is 17.4 Å². The minimum absolute atomic E-state index is 0.0383. The van der Waals surface area contributed by atoms with Gasteiger partial charge >= 0.3 is 5.97 Å². The second kappa shape index (κ2) is 10.1. The maximum Gasteiger partial charge on any atom is 0.337 e. The number of carbonyl (C=O) groups excluding carboxylic acids is 2. The largest absolute Gasteiger partial charge is 0.494 e. The van der Waals surface area contributed by atoms with Gasteiger partial charge in [-0.1, -0.05) is 42.5 Å². The van der Waals surface area contributed by atoms with E-state index >= 15 is 0 Å². The van der Waals surface area contributed by atoms with Gasteiger partial charge in [-0.05, 0) is 75.1 Å². The monoisotopic (exact) mass is 471 g/mol. The second-order valence-corrected chi connectivity index (χ2v) is 9.74. The number of carbonyl (C=O) groups is 2. The van der Waals surface area contributed by atoms with E-state index in [1.54, 1.807) is 0 Å². The first kappa shape index (κ1) is 23.4. The van der Waals surface area contributed by atoms with Crippen LogP contribution >= 0.6 is 0 Å². The summed E-state index contributed by atoms with van der Waals surface area (Å²) in [7, 11) is 0. The van der Waals surface area contributed by atoms with Gasteiger partial charge in [-0.3, -0.25) is 4.79 Å². The van der Waals surface area contributed by atoms with Gasteiger partial charge in [0.1, 0.15) is 11.9 Å². The van der Waals surface area contributed by atoms with Crippen LogP contribution in [0, 0.1) is 0 Å². The molecule has 1 saturated carbocycles. The van der Waals surface area contributed by atoms with Crippen LogP contribution < -0.4 is 10.1 Å². The van der Waals surface area contributed by atoms with Crippen molar-refractivity contribution in [2.75, 3.05) is 6.61 Å². The Balaban J connectivity index is 1.53. The molecule has 0 saturated heterocycles. The molecule has 5 rings (SSSR count). The number of hydrogen-bond acceptors (Lipinski definition) is 5. The minimum atomic E-state index is -0.444. The molecule has 182 valence electrons. The van der Waals surface area contributed by atoms with Crippen molar-refractivity contribution in [3.8, 4) is 5.75 Å². The standard InChI is InChI=1S/C30H33NO4/c1-3-34-23-15-13-21(14-16-23)28-27(30(33)35-24-11-7-8-12-24)19(2)31-25-17-22(18-26(32)29(25)28)20-9-5-4-6-10-20/h4-6,9-10,13-16,22,24,28,31H,3,7-8,11-12,17-18H2,1-2H3. The predicted octanol–water partition coefficient (Wildman–Crippen LogP) is 5.93. The molecule has 1 aliphatic heterocycles. The van der Waals surface area contributed by atoms with Gasteiger partial charge in [0, 0.05) is 29.3 Å². The van der Waals surface area contributed by atoms with Crippen LogP contribution in [0.4, 0.5) is 0 Å². The van der Waals surface area contributed by atoms with Crippen LogP contribution in [0.3, 0.4) is 0 Å². The average Bonchev–Trinajstić information content (AvgIpc) is 3.37. The molecule has 2 atom stereocenters. The van der Waals surface area contributed by atoms with E-state index in [0.717, 1.165) is 54.8 Å². The van der Waals surface area contributed by atoms with Gasteiger partial charge in [-0.15, -0.1) is 0 Å². The first-order valence-corrected chi connectivity index (χ1v) is 12.8. The molecule has 2 aromatic rings. The van der Waals surface area contributed by atoms with Crippen LogP contribution in [-0.4, -0.2) is 24.5 Å². The summed E-state index contributed by atoms with van der Waals surface area (Å²) in [6.45, 7) is 4.46. The summed E-state index contributed by atoms with van der Waals surface area (Å²) in [5.41, 5.74) is 5.01. The lowest BCUT2D eigenvalue weighted by atomic mass is 9.71. The average molecular weight is 472 g/mol. The van der Waals surface area contributed by atoms with Gasteiger partial charge < -0.3 is 14.8 Å². The molecule has 0 bridgehead atoms. The lowest BCUT2D eigenvalue weighted by Gasteiger charge is -2.37. The van der Waals surface area contributed by atoms with Crippen LogP contribution in [0.2, 0.25) is 0 Å². The molecule has 0 radical (unpaired) electrons. The molecule has 0 amide bonds. The van der Waals surface area contributed by atoms with Gasteiger partial charge in [0.2, 0.25) is 0 Å². The Morgan fingerprint density at radius 2 is 1.69 bits per heavy atom. The van der Waals surface area contributed by atoms with E-state index in [0.29, 0.717) is 24.2 Å². The molecule has 0 aromatic heterocycles. The molecule has 2 unspecified atom stereocenters. The highest BCUT2D eigenvalue weighted by atomic mass is 16.5. The van der Waals surface area contributed by atoms with Crippen LogP contribution in [-0.2, 0) is 14.3 Å². The third-order valence-corrected chi connectivity index (χ3v) is 7.42. The number of ketones is 1. The molecule has 5 heteroatoms. The fourth-order valence-electron chi connectivity index (χ4n) is 5.75. The number of ether oxygens (including phenoxy) is 2. The molecule has 0 spiro atoms. The number of benzene rings is 2. The molecule has 1 fully saturated rings. The van der Waals surface area contributed by atoms with Crippen molar-refractivity contribution in [3.63, 3.8) is 0 Å². The zero-order valence-electron chi connectivity index (χ0n) is 20.5. The van der Waals surface area contributed by atoms with Crippen molar-refractivity contribution in [2.24, 2.45) is 0 Å². The topological polar surface area (TPSA) is 64.6 Å². The Kier molecular flexibility index (Phi) is 6.76. The fraction of sp³-hybridized carbons (Fsp3) is 0.400. The molecule has 2 aromatic carbocycles. The van der Waals surface area contributed by atoms with E-state index in [1.807, 2.05) is 56.3 Å². The number of nitrogens with one attached hydrogen (secondary N) is 1. The van der Waals surface area contributed by atoms with Gasteiger partial charge in [-0.2, -0.15) is 0 Å². The summed E-state index contributed by atoms with van der Waals surface area (Å²) in [5.74, 6) is 0.223. The highest BCUT2D eigenvalue weighted by molar-refractivity contribution is 6.04. The maximum atomic E-state index is 13.7. The summed E-state index contributed by atoms with van der Waals surface area (Å²) in [5, 5.41) is 3.45. The van der Waals surface area contributed by atoms with Crippen molar-refractivity contribution < 1.29 is 19.1 Å². The predicted molar refractivity (Wildman–Crippen MR) is 135 cm³/mol. The summed E-state index contributed by atoms with van der Waals surface area (Å²) < 4.78 is 11.6. The number of dihydropyridines is 1. The third-order valence-electron chi connectivity index (χ3n) is 7.42. The Hall–Kier alpha value is -3.34. The molecular weight excluding hydrogens is 438 g/mol. The zero-order chi connectivity index (χ0) is 24.4. The number of hydrogen-bond donors (Lipinski definition) is 1. The fourth-order valence-corrected chi connectivity index (χ4v) is 5.75. The summed E-state index contributed by atoms with van der Waals surface area (Å²) in [6.07, 6.45) is 5.12. The Morgan fingerprint density at radius 1 is 0.971 bits per heavy atom. The first-order chi connectivity index (χ1) is 17.0. The van der Waals surface area contributed by atoms with Gasteiger partial charge in [-0.25, -0.2) is 4.79 Å². The minimum Gasteiger partial charge on any atom is -0.494 e. The maximum absolute atomic E-state index is 13.7. The lowest BCUT2D eigenvalue weighted by Crippen LogP contribution is -2.36. The molecule has 35 heavy (non-hydrogen) atoms. The van der Waals surface area contributed by atoms with Crippen molar-refractivity contribution in [1.29, 1.82) is 0 Å². The highest BCUT2D eigenvalue weighted by Gasteiger charge is 2.42. The number of rotatable bonds is 6. The first-order valence-electron chi connectivity index (χ1n) is 12.8. The second-order valence-electron chi connectivity index (χ2n) is 9.74. The van der Waals surface area contributed by atoms with E-state index in [4.69, 9.17) is 9.47 Å².